The number of anilines is 1. The lowest BCUT2D eigenvalue weighted by atomic mass is 10.1. The Hall–Kier alpha value is -1.34. The Morgan fingerprint density at radius 2 is 2.11 bits per heavy atom. The molecule has 2 aromatic rings. The maximum Gasteiger partial charge on any atom is 0.257 e. The van der Waals surface area contributed by atoms with Gasteiger partial charge in [-0.05, 0) is 56.5 Å². The van der Waals surface area contributed by atoms with Crippen molar-refractivity contribution in [2.45, 2.75) is 6.92 Å². The van der Waals surface area contributed by atoms with E-state index < -0.39 is 11.7 Å². The van der Waals surface area contributed by atoms with E-state index in [9.17, 15) is 9.18 Å². The highest BCUT2D eigenvalue weighted by atomic mass is 79.9. The Bertz CT molecular complexity index is 649. The summed E-state index contributed by atoms with van der Waals surface area (Å²) in [5.41, 5.74) is 0.941. The number of hydrogen-bond acceptors (Lipinski definition) is 3. The SMILES string of the molecule is Cc1ccc(F)cc1C(=O)Nc1ncc(Br)nc1Br. The molecule has 98 valence electrons. The molecule has 2 rings (SSSR count). The predicted octanol–water partition coefficient (Wildman–Crippen LogP) is 3.70. The number of rotatable bonds is 2. The molecule has 1 amide bonds. The smallest absolute Gasteiger partial charge is 0.257 e. The van der Waals surface area contributed by atoms with Crippen molar-refractivity contribution in [3.05, 3.63) is 50.5 Å². The van der Waals surface area contributed by atoms with Gasteiger partial charge in [-0.3, -0.25) is 4.79 Å². The average Bonchev–Trinajstić information content (AvgIpc) is 2.35. The third-order valence-electron chi connectivity index (χ3n) is 2.38. The topological polar surface area (TPSA) is 54.9 Å². The molecule has 0 aliphatic heterocycles. The van der Waals surface area contributed by atoms with Crippen molar-refractivity contribution in [3.8, 4) is 0 Å². The van der Waals surface area contributed by atoms with E-state index in [0.717, 1.165) is 0 Å². The Morgan fingerprint density at radius 3 is 2.79 bits per heavy atom. The van der Waals surface area contributed by atoms with E-state index in [-0.39, 0.29) is 11.4 Å². The van der Waals surface area contributed by atoms with Crippen molar-refractivity contribution in [1.29, 1.82) is 0 Å². The monoisotopic (exact) mass is 387 g/mol. The van der Waals surface area contributed by atoms with Gasteiger partial charge in [-0.25, -0.2) is 14.4 Å². The highest BCUT2D eigenvalue weighted by Crippen LogP contribution is 2.20. The number of halogens is 3. The summed E-state index contributed by atoms with van der Waals surface area (Å²) in [6, 6.07) is 4.04. The van der Waals surface area contributed by atoms with Gasteiger partial charge in [-0.15, -0.1) is 0 Å². The summed E-state index contributed by atoms with van der Waals surface area (Å²) >= 11 is 6.35. The van der Waals surface area contributed by atoms with Crippen LogP contribution in [0, 0.1) is 12.7 Å². The first-order valence-corrected chi connectivity index (χ1v) is 6.81. The van der Waals surface area contributed by atoms with Crippen molar-refractivity contribution >= 4 is 43.6 Å². The lowest BCUT2D eigenvalue weighted by Gasteiger charge is -2.08. The minimum atomic E-state index is -0.461. The number of carbonyl (C=O) groups is 1. The second kappa shape index (κ2) is 5.75. The molecular formula is C12H8Br2FN3O. The van der Waals surface area contributed by atoms with Gasteiger partial charge >= 0.3 is 0 Å². The van der Waals surface area contributed by atoms with Crippen molar-refractivity contribution in [3.63, 3.8) is 0 Å². The van der Waals surface area contributed by atoms with E-state index in [2.05, 4.69) is 47.1 Å². The first-order chi connectivity index (χ1) is 8.97. The van der Waals surface area contributed by atoms with Gasteiger partial charge in [0.05, 0.1) is 6.20 Å². The van der Waals surface area contributed by atoms with Crippen molar-refractivity contribution in [2.24, 2.45) is 0 Å². The second-order valence-corrected chi connectivity index (χ2v) is 5.31. The summed E-state index contributed by atoms with van der Waals surface area (Å²) < 4.78 is 14.1. The van der Waals surface area contributed by atoms with Gasteiger partial charge in [0.1, 0.15) is 15.0 Å². The van der Waals surface area contributed by atoms with Crippen LogP contribution in [0.2, 0.25) is 0 Å². The van der Waals surface area contributed by atoms with Gasteiger partial charge in [-0.1, -0.05) is 6.07 Å². The summed E-state index contributed by atoms with van der Waals surface area (Å²) in [5, 5.41) is 2.57. The Morgan fingerprint density at radius 1 is 1.37 bits per heavy atom. The molecule has 0 spiro atoms. The summed E-state index contributed by atoms with van der Waals surface area (Å²) in [7, 11) is 0. The molecule has 0 saturated carbocycles. The zero-order valence-electron chi connectivity index (χ0n) is 9.75. The minimum absolute atomic E-state index is 0.261. The molecular weight excluding hydrogens is 381 g/mol. The highest BCUT2D eigenvalue weighted by molar-refractivity contribution is 9.11. The number of amides is 1. The maximum atomic E-state index is 13.2. The van der Waals surface area contributed by atoms with Gasteiger partial charge in [-0.2, -0.15) is 0 Å². The van der Waals surface area contributed by atoms with Crippen molar-refractivity contribution in [1.82, 2.24) is 9.97 Å². The van der Waals surface area contributed by atoms with E-state index >= 15 is 0 Å². The molecule has 0 saturated heterocycles. The first-order valence-electron chi connectivity index (χ1n) is 5.23. The Labute approximate surface area is 125 Å². The second-order valence-electron chi connectivity index (χ2n) is 3.75. The number of aryl methyl sites for hydroxylation is 1. The zero-order chi connectivity index (χ0) is 14.0. The maximum absolute atomic E-state index is 13.2. The van der Waals surface area contributed by atoms with Gasteiger partial charge in [0.25, 0.3) is 5.91 Å². The van der Waals surface area contributed by atoms with E-state index in [1.165, 1.54) is 18.3 Å². The molecule has 7 heteroatoms. The molecule has 1 aromatic carbocycles. The molecule has 4 nitrogen and oxygen atoms in total. The van der Waals surface area contributed by atoms with Crippen LogP contribution in [-0.4, -0.2) is 15.9 Å². The van der Waals surface area contributed by atoms with Crippen LogP contribution in [0.4, 0.5) is 10.2 Å². The number of carbonyl (C=O) groups excluding carboxylic acids is 1. The lowest BCUT2D eigenvalue weighted by molar-refractivity contribution is 0.102. The van der Waals surface area contributed by atoms with E-state index in [4.69, 9.17) is 0 Å². The van der Waals surface area contributed by atoms with Gasteiger partial charge in [0.15, 0.2) is 5.82 Å². The number of aromatic nitrogens is 2. The van der Waals surface area contributed by atoms with Gasteiger partial charge < -0.3 is 5.32 Å². The summed E-state index contributed by atoms with van der Waals surface area (Å²) in [4.78, 5) is 20.1. The molecule has 0 bridgehead atoms. The zero-order valence-corrected chi connectivity index (χ0v) is 12.9. The van der Waals surface area contributed by atoms with Crippen LogP contribution in [0.15, 0.2) is 33.6 Å². The molecule has 0 aliphatic rings. The molecule has 0 unspecified atom stereocenters. The molecule has 1 N–H and O–H groups in total. The van der Waals surface area contributed by atoms with Crippen LogP contribution in [0.25, 0.3) is 0 Å². The average molecular weight is 389 g/mol. The molecule has 0 radical (unpaired) electrons. The van der Waals surface area contributed by atoms with Crippen molar-refractivity contribution < 1.29 is 9.18 Å². The Kier molecular flexibility index (Phi) is 4.26. The van der Waals surface area contributed by atoms with Crippen LogP contribution in [0.5, 0.6) is 0 Å². The molecule has 19 heavy (non-hydrogen) atoms. The third-order valence-corrected chi connectivity index (χ3v) is 3.31. The predicted molar refractivity (Wildman–Crippen MR) is 76.5 cm³/mol. The fraction of sp³-hybridized carbons (Fsp3) is 0.0833. The number of nitrogens with one attached hydrogen (secondary N) is 1. The molecule has 1 aromatic heterocycles. The van der Waals surface area contributed by atoms with E-state index in [1.807, 2.05) is 0 Å². The normalized spacial score (nSPS) is 10.3. The summed E-state index contributed by atoms with van der Waals surface area (Å²) in [6.45, 7) is 1.73. The molecule has 0 aliphatic carbocycles. The third kappa shape index (κ3) is 3.36. The van der Waals surface area contributed by atoms with Crippen LogP contribution in [0.1, 0.15) is 15.9 Å². The van der Waals surface area contributed by atoms with E-state index in [0.29, 0.717) is 14.8 Å². The number of benzene rings is 1. The lowest BCUT2D eigenvalue weighted by Crippen LogP contribution is -2.15. The Balaban J connectivity index is 2.28. The summed E-state index contributed by atoms with van der Waals surface area (Å²) in [6.07, 6.45) is 1.46. The minimum Gasteiger partial charge on any atom is -0.304 e. The van der Waals surface area contributed by atoms with Crippen LogP contribution in [-0.2, 0) is 0 Å². The first kappa shape index (κ1) is 14.1. The molecule has 0 atom stereocenters. The van der Waals surface area contributed by atoms with Gasteiger partial charge in [0.2, 0.25) is 0 Å². The highest BCUT2D eigenvalue weighted by Gasteiger charge is 2.13. The van der Waals surface area contributed by atoms with Crippen LogP contribution < -0.4 is 5.32 Å². The number of hydrogen-bond donors (Lipinski definition) is 1. The quantitative estimate of drug-likeness (QED) is 0.853. The number of nitrogens with zero attached hydrogens (tertiary/aromatic N) is 2. The van der Waals surface area contributed by atoms with Crippen LogP contribution >= 0.6 is 31.9 Å². The van der Waals surface area contributed by atoms with E-state index in [1.54, 1.807) is 13.0 Å². The van der Waals surface area contributed by atoms with Crippen LogP contribution in [0.3, 0.4) is 0 Å². The fourth-order valence-corrected chi connectivity index (χ4v) is 2.35. The van der Waals surface area contributed by atoms with Gasteiger partial charge in [0, 0.05) is 5.56 Å². The van der Waals surface area contributed by atoms with Crippen molar-refractivity contribution in [2.75, 3.05) is 5.32 Å². The molecule has 0 fully saturated rings. The standard InChI is InChI=1S/C12H8Br2FN3O/c1-6-2-3-7(15)4-8(6)12(19)18-11-10(14)17-9(13)5-16-11/h2-5H,1H3,(H,16,18,19). The fourth-order valence-electron chi connectivity index (χ4n) is 1.44. The molecule has 1 heterocycles. The largest absolute Gasteiger partial charge is 0.304 e. The summed E-state index contributed by atoms with van der Waals surface area (Å²) in [5.74, 6) is -0.622.